The minimum absolute atomic E-state index is 0.0503. The predicted molar refractivity (Wildman–Crippen MR) is 289 cm³/mol. The summed E-state index contributed by atoms with van der Waals surface area (Å²) in [5.74, 6) is 0. The second kappa shape index (κ2) is 19.1. The van der Waals surface area contributed by atoms with E-state index in [-0.39, 0.29) is 5.67 Å². The molecule has 3 saturated heterocycles. The molecule has 0 aliphatic carbocycles. The second-order valence-corrected chi connectivity index (χ2v) is 48.5. The largest absolute Gasteiger partial charge is 0.521 e. The van der Waals surface area contributed by atoms with Crippen molar-refractivity contribution in [3.63, 3.8) is 0 Å². The van der Waals surface area contributed by atoms with Crippen molar-refractivity contribution in [2.75, 3.05) is 7.11 Å². The van der Waals surface area contributed by atoms with Crippen molar-refractivity contribution in [3.8, 4) is 0 Å². The molecule has 7 aromatic carbocycles. The number of fused-ring (bicyclic) bond motifs is 3. The van der Waals surface area contributed by atoms with E-state index in [1.807, 2.05) is 213 Å². The highest BCUT2D eigenvalue weighted by Gasteiger charge is 2.79. The zero-order valence-corrected chi connectivity index (χ0v) is 48.9. The van der Waals surface area contributed by atoms with Crippen molar-refractivity contribution in [1.82, 2.24) is 0 Å². The first-order chi connectivity index (χ1) is 33.6. The van der Waals surface area contributed by atoms with Gasteiger partial charge in [-0.25, -0.2) is 0 Å². The fourth-order valence-electron chi connectivity index (χ4n) is 9.40. The van der Waals surface area contributed by atoms with Crippen LogP contribution in [0.3, 0.4) is 0 Å². The number of hydrogen-bond acceptors (Lipinski definition) is 12. The average molecular weight is 1090 g/mol. The van der Waals surface area contributed by atoms with Crippen LogP contribution in [0.15, 0.2) is 212 Å². The normalized spacial score (nSPS) is 30.3. The van der Waals surface area contributed by atoms with Crippen molar-refractivity contribution < 1.29 is 50.4 Å². The fraction of sp³-hybridized carbons (Fsp3) is 0.143. The molecule has 21 heteroatoms. The summed E-state index contributed by atoms with van der Waals surface area (Å²) in [6.45, 7) is 10.5. The maximum atomic E-state index is 14.1. The van der Waals surface area contributed by atoms with Gasteiger partial charge in [-0.1, -0.05) is 212 Å². The number of hydrogen-bond donors (Lipinski definition) is 1. The van der Waals surface area contributed by atoms with E-state index in [0.29, 0.717) is 25.9 Å². The van der Waals surface area contributed by atoms with Gasteiger partial charge in [-0.3, -0.25) is 0 Å². The molecule has 4 bridgehead atoms. The molecule has 3 aliphatic rings. The molecule has 0 saturated carbocycles. The molecule has 70 heavy (non-hydrogen) atoms. The van der Waals surface area contributed by atoms with Crippen LogP contribution in [0, 0.1) is 0 Å². The molecule has 4 unspecified atom stereocenters. The van der Waals surface area contributed by atoms with Gasteiger partial charge in [0.05, 0.1) is 0 Å². The molecule has 0 spiro atoms. The summed E-state index contributed by atoms with van der Waals surface area (Å²) in [7, 11) is -36.5. The monoisotopic (exact) mass is 1090 g/mol. The van der Waals surface area contributed by atoms with Crippen molar-refractivity contribution in [2.45, 2.75) is 38.4 Å². The summed E-state index contributed by atoms with van der Waals surface area (Å²) in [6.07, 6.45) is 0. The highest BCUT2D eigenvalue weighted by molar-refractivity contribution is 7.14. The Labute approximate surface area is 419 Å². The Hall–Kier alpha value is -3.99. The number of benzene rings is 7. The van der Waals surface area contributed by atoms with E-state index < -0.39 is 78.0 Å². The molecule has 3 aliphatic heterocycles. The topological polar surface area (TPSA) is 122 Å². The second-order valence-electron chi connectivity index (χ2n) is 18.8. The maximum absolute atomic E-state index is 14.1. The molecule has 0 amide bonds. The quantitative estimate of drug-likeness (QED) is 0.169. The summed E-state index contributed by atoms with van der Waals surface area (Å²) >= 11 is 0. The van der Waals surface area contributed by atoms with Crippen LogP contribution in [-0.2, 0) is 45.6 Å². The first-order valence-corrected chi connectivity index (χ1v) is 42.2. The predicted octanol–water partition coefficient (Wildman–Crippen LogP) is 4.84. The van der Waals surface area contributed by atoms with Gasteiger partial charge in [-0.05, 0) is 43.1 Å². The Kier molecular flexibility index (Phi) is 13.5. The van der Waals surface area contributed by atoms with E-state index in [9.17, 15) is 4.80 Å². The average Bonchev–Trinajstić information content (AvgIpc) is 3.35. The fourth-order valence-corrected chi connectivity index (χ4v) is 59.3. The molecular weight excluding hydrogens is 1030 g/mol. The van der Waals surface area contributed by atoms with Crippen molar-refractivity contribution in [3.05, 3.63) is 212 Å². The highest BCUT2D eigenvalue weighted by Crippen LogP contribution is 2.45. The van der Waals surface area contributed by atoms with Crippen LogP contribution < -0.4 is 36.3 Å². The summed E-state index contributed by atoms with van der Waals surface area (Å²) in [5.41, 5.74) is 0.0503. The van der Waals surface area contributed by atoms with Crippen LogP contribution in [0.1, 0.15) is 0 Å². The van der Waals surface area contributed by atoms with Gasteiger partial charge in [0.1, 0.15) is 0 Å². The Morgan fingerprint density at radius 3 is 1.07 bits per heavy atom. The van der Waals surface area contributed by atoms with Crippen LogP contribution in [0.25, 0.3) is 0 Å². The maximum Gasteiger partial charge on any atom is 0.521 e. The Morgan fingerprint density at radius 2 is 0.686 bits per heavy atom. The van der Waals surface area contributed by atoms with Crippen LogP contribution >= 0.6 is 0 Å². The SMILES string of the molecule is CO[Si@]1(c2ccccc2)O[Si]2(c3ccccc3)O[Si](O)(c3ccccc3)O[Si]3(c4ccccc4)O[Si](O[Si](C)(C)O[Si](C)(C)C)(c4ccccc4)O[Si@](c4ccccc4)(C[Si@](c4ccccc4)(O3)O2)O1. The van der Waals surface area contributed by atoms with E-state index in [4.69, 9.17) is 45.6 Å². The first kappa shape index (κ1) is 49.6. The van der Waals surface area contributed by atoms with Gasteiger partial charge < -0.3 is 50.4 Å². The Morgan fingerprint density at radius 1 is 0.371 bits per heavy atom. The molecular formula is C49H56O12Si9. The van der Waals surface area contributed by atoms with Gasteiger partial charge in [0.15, 0.2) is 8.32 Å². The minimum atomic E-state index is -4.99. The third-order valence-corrected chi connectivity index (χ3v) is 49.6. The molecule has 1 N–H and O–H groups in total. The molecule has 10 rings (SSSR count). The van der Waals surface area contributed by atoms with Crippen LogP contribution in [0.5, 0.6) is 0 Å². The molecule has 7 atom stereocenters. The zero-order chi connectivity index (χ0) is 48.8. The molecule has 0 aromatic heterocycles. The van der Waals surface area contributed by atoms with E-state index >= 15 is 0 Å². The smallest absolute Gasteiger partial charge is 0.437 e. The Balaban J connectivity index is 1.41. The third kappa shape index (κ3) is 9.56. The van der Waals surface area contributed by atoms with E-state index in [1.165, 1.54) is 0 Å². The van der Waals surface area contributed by atoms with Crippen molar-refractivity contribution in [2.24, 2.45) is 0 Å². The molecule has 0 radical (unpaired) electrons. The summed E-state index contributed by atoms with van der Waals surface area (Å²) in [6, 6.07) is 67.3. The van der Waals surface area contributed by atoms with Gasteiger partial charge in [0.2, 0.25) is 0 Å². The lowest BCUT2D eigenvalue weighted by Crippen LogP contribution is -2.90. The van der Waals surface area contributed by atoms with Gasteiger partial charge in [0, 0.05) is 38.7 Å². The zero-order valence-electron chi connectivity index (χ0n) is 39.9. The summed E-state index contributed by atoms with van der Waals surface area (Å²) < 4.78 is 86.3. The third-order valence-electron chi connectivity index (χ3n) is 12.0. The Bertz CT molecular complexity index is 2880. The molecule has 3 heterocycles. The molecule has 7 aromatic rings. The lowest BCUT2D eigenvalue weighted by Gasteiger charge is -2.58. The first-order valence-electron chi connectivity index (χ1n) is 23.3. The summed E-state index contributed by atoms with van der Waals surface area (Å²) in [4.78, 5) is 14.1. The standard InChI is InChI=1S/C49H56O12Si9/c1-51-67(46-34-20-10-21-35-46)54-64(43-28-14-7-15-29-43)42-65(44-30-16-8-17-31-44)56-69(60-67,48-38-24-12-25-39-48)58-66(50,45-32-18-9-19-33-45)59-70(57-65,49-40-26-13-27-41-49)61-68(55-64,47-36-22-11-23-37-47)53-63(5,6)52-62(2,3)4/h7-41,50H,42H2,1-6H3/t64-,65+,66?,67-,68?,69?,70?/m0/s1. The molecule has 12 nitrogen and oxygen atoms in total. The van der Waals surface area contributed by atoms with E-state index in [0.717, 1.165) is 10.4 Å². The van der Waals surface area contributed by atoms with E-state index in [2.05, 4.69) is 19.6 Å². The lowest BCUT2D eigenvalue weighted by atomic mass is 10.4. The van der Waals surface area contributed by atoms with Crippen LogP contribution in [0.2, 0.25) is 38.4 Å². The van der Waals surface area contributed by atoms with Gasteiger partial charge in [-0.15, -0.1) is 0 Å². The van der Waals surface area contributed by atoms with Crippen LogP contribution in [0.4, 0.5) is 0 Å². The van der Waals surface area contributed by atoms with Crippen molar-refractivity contribution in [1.29, 1.82) is 0 Å². The van der Waals surface area contributed by atoms with Gasteiger partial charge >= 0.3 is 69.7 Å². The van der Waals surface area contributed by atoms with Crippen LogP contribution in [-0.4, -0.2) is 89.9 Å². The van der Waals surface area contributed by atoms with E-state index in [1.54, 1.807) is 19.2 Å². The van der Waals surface area contributed by atoms with Gasteiger partial charge in [0.25, 0.3) is 0 Å². The number of rotatable bonds is 12. The molecule has 360 valence electrons. The minimum Gasteiger partial charge on any atom is -0.437 e. The van der Waals surface area contributed by atoms with Crippen molar-refractivity contribution >= 4 is 114 Å². The summed E-state index contributed by atoms with van der Waals surface area (Å²) in [5, 5.41) is 4.13. The lowest BCUT2D eigenvalue weighted by molar-refractivity contribution is 0.0764. The highest BCUT2D eigenvalue weighted by atomic mass is 28.6. The van der Waals surface area contributed by atoms with Gasteiger partial charge in [-0.2, -0.15) is 0 Å². The molecule has 3 fully saturated rings.